The van der Waals surface area contributed by atoms with Gasteiger partial charge >= 0.3 is 0 Å². The van der Waals surface area contributed by atoms with E-state index in [1.807, 2.05) is 34.9 Å². The molecular formula is C8H15N3O. The van der Waals surface area contributed by atoms with Gasteiger partial charge < -0.3 is 0 Å². The number of nitrogens with zero attached hydrogens (tertiary/aromatic N) is 3. The Bertz CT molecular complexity index is 243. The average molecular weight is 169 g/mol. The zero-order valence-corrected chi connectivity index (χ0v) is 8.25. The summed E-state index contributed by atoms with van der Waals surface area (Å²) in [6.45, 7) is 5.48. The van der Waals surface area contributed by atoms with Crippen LogP contribution in [0.25, 0.3) is 0 Å². The van der Waals surface area contributed by atoms with E-state index >= 15 is 0 Å². The summed E-state index contributed by atoms with van der Waals surface area (Å²) in [7, 11) is 3.66. The molecule has 68 valence electrons. The number of carbonyl (C=O) groups is 1. The van der Waals surface area contributed by atoms with Crippen LogP contribution in [0.4, 0.5) is 0 Å². The number of amides is 1. The highest BCUT2D eigenvalue weighted by Gasteiger charge is 2.40. The van der Waals surface area contributed by atoms with E-state index in [0.717, 1.165) is 5.84 Å². The Morgan fingerprint density at radius 3 is 2.08 bits per heavy atom. The van der Waals surface area contributed by atoms with Gasteiger partial charge in [-0.25, -0.2) is 10.0 Å². The Kier molecular flexibility index (Phi) is 1.96. The topological polar surface area (TPSA) is 35.9 Å². The van der Waals surface area contributed by atoms with E-state index in [0.29, 0.717) is 0 Å². The fraction of sp³-hybridized carbons (Fsp3) is 0.750. The predicted octanol–water partition coefficient (Wildman–Crippen LogP) is 0.502. The van der Waals surface area contributed by atoms with Crippen molar-refractivity contribution in [2.24, 2.45) is 4.99 Å². The zero-order valence-electron chi connectivity index (χ0n) is 8.25. The number of hydrazine groups is 1. The summed E-state index contributed by atoms with van der Waals surface area (Å²) in [6.07, 6.45) is 0. The lowest BCUT2D eigenvalue weighted by molar-refractivity contribution is -0.138. The lowest BCUT2D eigenvalue weighted by Crippen LogP contribution is -2.46. The fourth-order valence-electron chi connectivity index (χ4n) is 1.38. The molecule has 0 unspecified atom stereocenters. The molecule has 0 aromatic carbocycles. The molecule has 4 heteroatoms. The highest BCUT2D eigenvalue weighted by atomic mass is 16.2. The van der Waals surface area contributed by atoms with Crippen molar-refractivity contribution in [3.8, 4) is 0 Å². The molecule has 0 aliphatic carbocycles. The first-order valence-electron chi connectivity index (χ1n) is 3.94. The van der Waals surface area contributed by atoms with Crippen LogP contribution >= 0.6 is 0 Å². The molecule has 1 aliphatic rings. The SMILES string of the molecule is CC1=NC(C)(C)C(=O)N1N(C)C. The maximum absolute atomic E-state index is 11.6. The second-order valence-electron chi connectivity index (χ2n) is 3.68. The van der Waals surface area contributed by atoms with Crippen molar-refractivity contribution in [2.75, 3.05) is 14.1 Å². The third kappa shape index (κ3) is 1.22. The number of hydrogen-bond donors (Lipinski definition) is 0. The minimum atomic E-state index is -0.589. The highest BCUT2D eigenvalue weighted by Crippen LogP contribution is 2.21. The van der Waals surface area contributed by atoms with Crippen LogP contribution in [0.3, 0.4) is 0 Å². The average Bonchev–Trinajstić information content (AvgIpc) is 2.02. The molecule has 1 rings (SSSR count). The summed E-state index contributed by atoms with van der Waals surface area (Å²) in [5.41, 5.74) is -0.589. The number of hydrogen-bond acceptors (Lipinski definition) is 3. The fourth-order valence-corrected chi connectivity index (χ4v) is 1.38. The van der Waals surface area contributed by atoms with Crippen molar-refractivity contribution in [2.45, 2.75) is 26.3 Å². The molecule has 4 nitrogen and oxygen atoms in total. The van der Waals surface area contributed by atoms with E-state index in [9.17, 15) is 4.79 Å². The van der Waals surface area contributed by atoms with Gasteiger partial charge in [0.2, 0.25) is 0 Å². The summed E-state index contributed by atoms with van der Waals surface area (Å²) < 4.78 is 0. The third-order valence-corrected chi connectivity index (χ3v) is 1.86. The maximum atomic E-state index is 11.6. The van der Waals surface area contributed by atoms with Crippen molar-refractivity contribution in [3.63, 3.8) is 0 Å². The quantitative estimate of drug-likeness (QED) is 0.573. The molecule has 0 saturated carbocycles. The minimum absolute atomic E-state index is 0.0324. The molecule has 1 aliphatic heterocycles. The molecule has 0 aromatic heterocycles. The summed E-state index contributed by atoms with van der Waals surface area (Å²) in [4.78, 5) is 15.9. The smallest absolute Gasteiger partial charge is 0.269 e. The summed E-state index contributed by atoms with van der Waals surface area (Å²) >= 11 is 0. The van der Waals surface area contributed by atoms with Gasteiger partial charge in [0.15, 0.2) is 0 Å². The van der Waals surface area contributed by atoms with Crippen LogP contribution in [-0.4, -0.2) is 41.4 Å². The van der Waals surface area contributed by atoms with Crippen LogP contribution in [0.5, 0.6) is 0 Å². The lowest BCUT2D eigenvalue weighted by Gasteiger charge is -2.25. The zero-order chi connectivity index (χ0) is 9.52. The molecule has 0 radical (unpaired) electrons. The van der Waals surface area contributed by atoms with Crippen LogP contribution in [0.1, 0.15) is 20.8 Å². The predicted molar refractivity (Wildman–Crippen MR) is 47.7 cm³/mol. The number of aliphatic imine (C=N–C) groups is 1. The molecule has 0 spiro atoms. The van der Waals surface area contributed by atoms with E-state index in [2.05, 4.69) is 4.99 Å². The van der Waals surface area contributed by atoms with E-state index < -0.39 is 5.54 Å². The number of carbonyl (C=O) groups excluding carboxylic acids is 1. The van der Waals surface area contributed by atoms with Gasteiger partial charge in [-0.1, -0.05) is 0 Å². The van der Waals surface area contributed by atoms with Crippen LogP contribution < -0.4 is 0 Å². The molecule has 1 amide bonds. The van der Waals surface area contributed by atoms with Gasteiger partial charge in [0.1, 0.15) is 11.4 Å². The van der Waals surface area contributed by atoms with Crippen LogP contribution in [-0.2, 0) is 4.79 Å². The largest absolute Gasteiger partial charge is 0.270 e. The molecule has 0 N–H and O–H groups in total. The van der Waals surface area contributed by atoms with Crippen LogP contribution in [0.2, 0.25) is 0 Å². The summed E-state index contributed by atoms with van der Waals surface area (Å²) in [6, 6.07) is 0. The first-order valence-corrected chi connectivity index (χ1v) is 3.94. The molecule has 0 atom stereocenters. The second kappa shape index (κ2) is 2.55. The van der Waals surface area contributed by atoms with Crippen LogP contribution in [0, 0.1) is 0 Å². The standard InChI is InChI=1S/C8H15N3O/c1-6-9-8(2,3)7(12)11(6)10(4)5/h1-5H3. The molecule has 0 bridgehead atoms. The Balaban J connectivity index is 2.97. The highest BCUT2D eigenvalue weighted by molar-refractivity contribution is 6.06. The van der Waals surface area contributed by atoms with Gasteiger partial charge in [-0.3, -0.25) is 9.79 Å². The number of amidine groups is 1. The summed E-state index contributed by atoms with van der Waals surface area (Å²) in [5.74, 6) is 0.792. The first-order chi connectivity index (χ1) is 5.36. The molecule has 0 fully saturated rings. The van der Waals surface area contributed by atoms with Crippen molar-refractivity contribution < 1.29 is 4.79 Å². The molecular weight excluding hydrogens is 154 g/mol. The second-order valence-corrected chi connectivity index (χ2v) is 3.68. The molecule has 1 heterocycles. The normalized spacial score (nSPS) is 22.0. The monoisotopic (exact) mass is 169 g/mol. The van der Waals surface area contributed by atoms with Crippen LogP contribution in [0.15, 0.2) is 4.99 Å². The molecule has 0 saturated heterocycles. The van der Waals surface area contributed by atoms with Crippen molar-refractivity contribution in [1.82, 2.24) is 10.0 Å². The van der Waals surface area contributed by atoms with E-state index in [-0.39, 0.29) is 5.91 Å². The van der Waals surface area contributed by atoms with E-state index in [1.165, 1.54) is 0 Å². The minimum Gasteiger partial charge on any atom is -0.270 e. The van der Waals surface area contributed by atoms with Gasteiger partial charge in [0, 0.05) is 14.1 Å². The Hall–Kier alpha value is -0.900. The van der Waals surface area contributed by atoms with E-state index in [1.54, 1.807) is 10.0 Å². The first kappa shape index (κ1) is 9.19. The third-order valence-electron chi connectivity index (χ3n) is 1.86. The Labute approximate surface area is 72.8 Å². The maximum Gasteiger partial charge on any atom is 0.269 e. The van der Waals surface area contributed by atoms with Gasteiger partial charge in [-0.2, -0.15) is 0 Å². The van der Waals surface area contributed by atoms with Gasteiger partial charge in [0.25, 0.3) is 5.91 Å². The Morgan fingerprint density at radius 1 is 1.42 bits per heavy atom. The Morgan fingerprint density at radius 2 is 1.92 bits per heavy atom. The summed E-state index contributed by atoms with van der Waals surface area (Å²) in [5, 5.41) is 3.33. The molecule has 12 heavy (non-hydrogen) atoms. The van der Waals surface area contributed by atoms with Crippen molar-refractivity contribution >= 4 is 11.7 Å². The number of rotatable bonds is 1. The van der Waals surface area contributed by atoms with Crippen molar-refractivity contribution in [1.29, 1.82) is 0 Å². The van der Waals surface area contributed by atoms with Gasteiger partial charge in [-0.05, 0) is 20.8 Å². The van der Waals surface area contributed by atoms with E-state index in [4.69, 9.17) is 0 Å². The van der Waals surface area contributed by atoms with Crippen molar-refractivity contribution in [3.05, 3.63) is 0 Å². The van der Waals surface area contributed by atoms with Gasteiger partial charge in [0.05, 0.1) is 0 Å². The molecule has 0 aromatic rings. The van der Waals surface area contributed by atoms with Gasteiger partial charge in [-0.15, -0.1) is 0 Å². The lowest BCUT2D eigenvalue weighted by atomic mass is 10.1.